The van der Waals surface area contributed by atoms with Crippen molar-refractivity contribution in [1.82, 2.24) is 4.98 Å². The lowest BCUT2D eigenvalue weighted by Gasteiger charge is -1.98. The third-order valence-electron chi connectivity index (χ3n) is 1.48. The third-order valence-corrected chi connectivity index (χ3v) is 1.48. The standard InChI is InChI=1S/C9H11N/c1-3-8-6-5-7-10-9(8)4-2/h3,5-7H,1,4H2,2H3. The summed E-state index contributed by atoms with van der Waals surface area (Å²) in [5.74, 6) is 0. The van der Waals surface area contributed by atoms with Crippen LogP contribution >= 0.6 is 0 Å². The van der Waals surface area contributed by atoms with Gasteiger partial charge in [0.1, 0.15) is 0 Å². The molecule has 0 saturated heterocycles. The third kappa shape index (κ3) is 1.24. The van der Waals surface area contributed by atoms with Crippen LogP contribution in [0.3, 0.4) is 0 Å². The molecular weight excluding hydrogens is 122 g/mol. The highest BCUT2D eigenvalue weighted by Crippen LogP contribution is 2.06. The molecule has 0 aromatic carbocycles. The van der Waals surface area contributed by atoms with Crippen molar-refractivity contribution in [2.45, 2.75) is 13.3 Å². The molecule has 0 bridgehead atoms. The molecule has 0 saturated carbocycles. The molecule has 0 radical (unpaired) electrons. The van der Waals surface area contributed by atoms with Crippen LogP contribution in [0.2, 0.25) is 0 Å². The van der Waals surface area contributed by atoms with Gasteiger partial charge in [0.05, 0.1) is 0 Å². The van der Waals surface area contributed by atoms with E-state index < -0.39 is 0 Å². The molecule has 0 aliphatic rings. The summed E-state index contributed by atoms with van der Waals surface area (Å²) in [5, 5.41) is 0. The fourth-order valence-corrected chi connectivity index (χ4v) is 0.932. The molecule has 1 aromatic heterocycles. The highest BCUT2D eigenvalue weighted by Gasteiger charge is 1.93. The van der Waals surface area contributed by atoms with Crippen molar-refractivity contribution in [2.24, 2.45) is 0 Å². The molecule has 52 valence electrons. The Kier molecular flexibility index (Phi) is 2.21. The lowest BCUT2D eigenvalue weighted by Crippen LogP contribution is -1.88. The molecule has 0 atom stereocenters. The summed E-state index contributed by atoms with van der Waals surface area (Å²) >= 11 is 0. The van der Waals surface area contributed by atoms with E-state index in [2.05, 4.69) is 18.5 Å². The number of nitrogens with zero attached hydrogens (tertiary/aromatic N) is 1. The van der Waals surface area contributed by atoms with E-state index in [4.69, 9.17) is 0 Å². The first-order valence-corrected chi connectivity index (χ1v) is 3.44. The summed E-state index contributed by atoms with van der Waals surface area (Å²) in [6.07, 6.45) is 4.62. The SMILES string of the molecule is C=Cc1cccnc1CC. The normalized spacial score (nSPS) is 9.30. The molecule has 1 nitrogen and oxygen atoms in total. The van der Waals surface area contributed by atoms with E-state index in [1.165, 1.54) is 0 Å². The largest absolute Gasteiger partial charge is 0.261 e. The molecule has 0 aliphatic heterocycles. The maximum Gasteiger partial charge on any atom is 0.0472 e. The van der Waals surface area contributed by atoms with Gasteiger partial charge in [-0.2, -0.15) is 0 Å². The van der Waals surface area contributed by atoms with Crippen molar-refractivity contribution in [3.05, 3.63) is 36.2 Å². The lowest BCUT2D eigenvalue weighted by molar-refractivity contribution is 1.03. The minimum atomic E-state index is 0.974. The van der Waals surface area contributed by atoms with Crippen LogP contribution in [0.25, 0.3) is 6.08 Å². The Morgan fingerprint density at radius 1 is 1.70 bits per heavy atom. The molecule has 1 heterocycles. The Balaban J connectivity index is 3.08. The molecule has 10 heavy (non-hydrogen) atoms. The first-order chi connectivity index (χ1) is 4.88. The zero-order valence-electron chi connectivity index (χ0n) is 6.17. The monoisotopic (exact) mass is 133 g/mol. The van der Waals surface area contributed by atoms with Gasteiger partial charge in [-0.1, -0.05) is 25.6 Å². The van der Waals surface area contributed by atoms with Crippen molar-refractivity contribution >= 4 is 6.08 Å². The van der Waals surface area contributed by atoms with Crippen molar-refractivity contribution in [3.8, 4) is 0 Å². The smallest absolute Gasteiger partial charge is 0.0472 e. The number of hydrogen-bond acceptors (Lipinski definition) is 1. The first kappa shape index (κ1) is 7.00. The Hall–Kier alpha value is -1.11. The Labute approximate surface area is 61.4 Å². The summed E-state index contributed by atoms with van der Waals surface area (Å²) < 4.78 is 0. The van der Waals surface area contributed by atoms with Crippen LogP contribution in [-0.2, 0) is 6.42 Å². The fraction of sp³-hybridized carbons (Fsp3) is 0.222. The Bertz CT molecular complexity index is 228. The minimum absolute atomic E-state index is 0.974. The van der Waals surface area contributed by atoms with E-state index in [-0.39, 0.29) is 0 Å². The van der Waals surface area contributed by atoms with E-state index in [0.29, 0.717) is 0 Å². The molecular formula is C9H11N. The molecule has 0 aliphatic carbocycles. The highest BCUT2D eigenvalue weighted by atomic mass is 14.7. The average Bonchev–Trinajstić information content (AvgIpc) is 2.04. The summed E-state index contributed by atoms with van der Waals surface area (Å²) in [6, 6.07) is 3.95. The fourth-order valence-electron chi connectivity index (χ4n) is 0.932. The van der Waals surface area contributed by atoms with Crippen LogP contribution in [0.5, 0.6) is 0 Å². The van der Waals surface area contributed by atoms with Gasteiger partial charge in [0.2, 0.25) is 0 Å². The maximum absolute atomic E-state index is 4.20. The second-order valence-corrected chi connectivity index (χ2v) is 2.10. The Morgan fingerprint density at radius 3 is 3.00 bits per heavy atom. The van der Waals surface area contributed by atoms with Gasteiger partial charge in [0.25, 0.3) is 0 Å². The van der Waals surface area contributed by atoms with Gasteiger partial charge in [0, 0.05) is 11.9 Å². The van der Waals surface area contributed by atoms with Gasteiger partial charge in [-0.05, 0) is 18.1 Å². The number of pyridine rings is 1. The van der Waals surface area contributed by atoms with Crippen molar-refractivity contribution in [1.29, 1.82) is 0 Å². The zero-order valence-corrected chi connectivity index (χ0v) is 6.17. The molecule has 1 rings (SSSR count). The lowest BCUT2D eigenvalue weighted by atomic mass is 10.1. The molecule has 0 fully saturated rings. The number of hydrogen-bond donors (Lipinski definition) is 0. The summed E-state index contributed by atoms with van der Waals surface area (Å²) in [6.45, 7) is 5.79. The van der Waals surface area contributed by atoms with E-state index in [1.54, 1.807) is 0 Å². The second kappa shape index (κ2) is 3.16. The van der Waals surface area contributed by atoms with Crippen LogP contribution in [0, 0.1) is 0 Å². The zero-order chi connectivity index (χ0) is 7.40. The highest BCUT2D eigenvalue weighted by molar-refractivity contribution is 5.49. The van der Waals surface area contributed by atoms with Gasteiger partial charge in [0.15, 0.2) is 0 Å². The average molecular weight is 133 g/mol. The molecule has 0 N–H and O–H groups in total. The molecule has 1 aromatic rings. The Morgan fingerprint density at radius 2 is 2.50 bits per heavy atom. The molecule has 0 unspecified atom stereocenters. The second-order valence-electron chi connectivity index (χ2n) is 2.10. The van der Waals surface area contributed by atoms with Gasteiger partial charge < -0.3 is 0 Å². The summed E-state index contributed by atoms with van der Waals surface area (Å²) in [5.41, 5.74) is 2.27. The van der Waals surface area contributed by atoms with Crippen molar-refractivity contribution in [2.75, 3.05) is 0 Å². The van der Waals surface area contributed by atoms with Gasteiger partial charge in [-0.25, -0.2) is 0 Å². The molecule has 1 heteroatoms. The van der Waals surface area contributed by atoms with Crippen molar-refractivity contribution < 1.29 is 0 Å². The van der Waals surface area contributed by atoms with Gasteiger partial charge in [-0.3, -0.25) is 4.98 Å². The number of aromatic nitrogens is 1. The number of rotatable bonds is 2. The minimum Gasteiger partial charge on any atom is -0.261 e. The van der Waals surface area contributed by atoms with E-state index in [0.717, 1.165) is 17.7 Å². The van der Waals surface area contributed by atoms with Crippen LogP contribution in [0.1, 0.15) is 18.2 Å². The van der Waals surface area contributed by atoms with Crippen LogP contribution in [-0.4, -0.2) is 4.98 Å². The molecule has 0 spiro atoms. The van der Waals surface area contributed by atoms with Crippen LogP contribution in [0.15, 0.2) is 24.9 Å². The van der Waals surface area contributed by atoms with E-state index in [9.17, 15) is 0 Å². The van der Waals surface area contributed by atoms with Crippen LogP contribution < -0.4 is 0 Å². The summed E-state index contributed by atoms with van der Waals surface area (Å²) in [7, 11) is 0. The van der Waals surface area contributed by atoms with E-state index in [1.807, 2.05) is 24.4 Å². The topological polar surface area (TPSA) is 12.9 Å². The number of aryl methyl sites for hydroxylation is 1. The van der Waals surface area contributed by atoms with Crippen molar-refractivity contribution in [3.63, 3.8) is 0 Å². The van der Waals surface area contributed by atoms with Gasteiger partial charge in [-0.15, -0.1) is 0 Å². The van der Waals surface area contributed by atoms with Gasteiger partial charge >= 0.3 is 0 Å². The van der Waals surface area contributed by atoms with Crippen LogP contribution in [0.4, 0.5) is 0 Å². The first-order valence-electron chi connectivity index (χ1n) is 3.44. The predicted octanol–water partition coefficient (Wildman–Crippen LogP) is 2.29. The quantitative estimate of drug-likeness (QED) is 0.603. The maximum atomic E-state index is 4.20. The molecule has 0 amide bonds. The predicted molar refractivity (Wildman–Crippen MR) is 43.7 cm³/mol. The van der Waals surface area contributed by atoms with E-state index >= 15 is 0 Å². The summed E-state index contributed by atoms with van der Waals surface area (Å²) in [4.78, 5) is 4.20.